The Morgan fingerprint density at radius 3 is 2.33 bits per heavy atom. The lowest BCUT2D eigenvalue weighted by molar-refractivity contribution is 0.187. The molecule has 0 aliphatic heterocycles. The van der Waals surface area contributed by atoms with Gasteiger partial charge in [0.15, 0.2) is 0 Å². The van der Waals surface area contributed by atoms with Crippen molar-refractivity contribution in [2.75, 3.05) is 6.54 Å². The van der Waals surface area contributed by atoms with Gasteiger partial charge in [0.2, 0.25) is 0 Å². The van der Waals surface area contributed by atoms with Crippen LogP contribution < -0.4 is 5.73 Å². The molecule has 0 saturated heterocycles. The Bertz CT molecular complexity index is 706. The molecule has 0 aliphatic rings. The predicted molar refractivity (Wildman–Crippen MR) is 75.5 cm³/mol. The molecule has 90 valence electrons. The Kier molecular flexibility index (Phi) is 2.74. The van der Waals surface area contributed by atoms with E-state index in [1.807, 2.05) is 30.3 Å². The van der Waals surface area contributed by atoms with Crippen molar-refractivity contribution in [3.63, 3.8) is 0 Å². The van der Waals surface area contributed by atoms with Gasteiger partial charge in [0.1, 0.15) is 0 Å². The Balaban J connectivity index is 2.33. The van der Waals surface area contributed by atoms with Gasteiger partial charge in [0.05, 0.1) is 6.10 Å². The maximum Gasteiger partial charge on any atom is 0.0912 e. The second-order valence-corrected chi connectivity index (χ2v) is 4.52. The lowest BCUT2D eigenvalue weighted by Gasteiger charge is -2.10. The standard InChI is InChI=1S/C16H15NO/c17-10-16(18)13-8-7-12-6-5-11-3-1-2-4-14(11)15(12)9-13/h1-9,16,18H,10,17H2. The highest BCUT2D eigenvalue weighted by molar-refractivity contribution is 6.07. The fourth-order valence-electron chi connectivity index (χ4n) is 2.36. The van der Waals surface area contributed by atoms with Crippen LogP contribution in [0.25, 0.3) is 21.5 Å². The van der Waals surface area contributed by atoms with E-state index in [2.05, 4.69) is 24.3 Å². The minimum atomic E-state index is -0.589. The van der Waals surface area contributed by atoms with Gasteiger partial charge in [-0.15, -0.1) is 0 Å². The zero-order valence-corrected chi connectivity index (χ0v) is 10.0. The first-order valence-corrected chi connectivity index (χ1v) is 6.09. The highest BCUT2D eigenvalue weighted by Gasteiger charge is 2.07. The molecule has 1 unspecified atom stereocenters. The van der Waals surface area contributed by atoms with Crippen LogP contribution in [-0.4, -0.2) is 11.7 Å². The largest absolute Gasteiger partial charge is 0.387 e. The molecule has 2 heteroatoms. The van der Waals surface area contributed by atoms with E-state index in [-0.39, 0.29) is 6.54 Å². The molecule has 3 N–H and O–H groups in total. The van der Waals surface area contributed by atoms with Gasteiger partial charge in [-0.25, -0.2) is 0 Å². The molecular weight excluding hydrogens is 222 g/mol. The van der Waals surface area contributed by atoms with E-state index in [9.17, 15) is 5.11 Å². The summed E-state index contributed by atoms with van der Waals surface area (Å²) < 4.78 is 0. The molecule has 3 aromatic rings. The van der Waals surface area contributed by atoms with Crippen molar-refractivity contribution in [2.45, 2.75) is 6.10 Å². The van der Waals surface area contributed by atoms with Gasteiger partial charge in [-0.3, -0.25) is 0 Å². The van der Waals surface area contributed by atoms with Crippen molar-refractivity contribution >= 4 is 21.5 Å². The maximum atomic E-state index is 9.84. The number of rotatable bonds is 2. The van der Waals surface area contributed by atoms with E-state index in [0.29, 0.717) is 0 Å². The first-order chi connectivity index (χ1) is 8.79. The van der Waals surface area contributed by atoms with Crippen LogP contribution in [0, 0.1) is 0 Å². The predicted octanol–water partition coefficient (Wildman–Crippen LogP) is 2.99. The van der Waals surface area contributed by atoms with Gasteiger partial charge in [0.25, 0.3) is 0 Å². The van der Waals surface area contributed by atoms with Crippen LogP contribution in [0.4, 0.5) is 0 Å². The number of nitrogens with two attached hydrogens (primary N) is 1. The van der Waals surface area contributed by atoms with E-state index < -0.39 is 6.10 Å². The van der Waals surface area contributed by atoms with Crippen LogP contribution >= 0.6 is 0 Å². The van der Waals surface area contributed by atoms with Crippen LogP contribution in [0.5, 0.6) is 0 Å². The zero-order chi connectivity index (χ0) is 12.5. The van der Waals surface area contributed by atoms with E-state index in [1.54, 1.807) is 0 Å². The first-order valence-electron chi connectivity index (χ1n) is 6.09. The number of aliphatic hydroxyl groups is 1. The summed E-state index contributed by atoms with van der Waals surface area (Å²) in [6.07, 6.45) is -0.589. The van der Waals surface area contributed by atoms with Crippen molar-refractivity contribution in [3.8, 4) is 0 Å². The summed E-state index contributed by atoms with van der Waals surface area (Å²) >= 11 is 0. The van der Waals surface area contributed by atoms with E-state index in [1.165, 1.54) is 16.2 Å². The van der Waals surface area contributed by atoms with Crippen molar-refractivity contribution in [3.05, 3.63) is 60.2 Å². The number of hydrogen-bond acceptors (Lipinski definition) is 2. The minimum absolute atomic E-state index is 0.246. The maximum absolute atomic E-state index is 9.84. The molecule has 18 heavy (non-hydrogen) atoms. The molecule has 0 fully saturated rings. The third kappa shape index (κ3) is 1.76. The van der Waals surface area contributed by atoms with E-state index in [0.717, 1.165) is 10.9 Å². The molecule has 1 atom stereocenters. The van der Waals surface area contributed by atoms with Crippen molar-refractivity contribution in [1.29, 1.82) is 0 Å². The van der Waals surface area contributed by atoms with Crippen LogP contribution in [0.15, 0.2) is 54.6 Å². The number of aliphatic hydroxyl groups excluding tert-OH is 1. The monoisotopic (exact) mass is 237 g/mol. The molecule has 0 heterocycles. The third-order valence-corrected chi connectivity index (χ3v) is 3.38. The molecule has 0 bridgehead atoms. The molecule has 0 spiro atoms. The minimum Gasteiger partial charge on any atom is -0.387 e. The van der Waals surface area contributed by atoms with Gasteiger partial charge in [-0.05, 0) is 33.2 Å². The van der Waals surface area contributed by atoms with Gasteiger partial charge >= 0.3 is 0 Å². The molecular formula is C16H15NO. The lowest BCUT2D eigenvalue weighted by Crippen LogP contribution is -2.11. The van der Waals surface area contributed by atoms with Crippen LogP contribution in [0.2, 0.25) is 0 Å². The molecule has 0 saturated carbocycles. The summed E-state index contributed by atoms with van der Waals surface area (Å²) in [7, 11) is 0. The third-order valence-electron chi connectivity index (χ3n) is 3.38. The Morgan fingerprint density at radius 2 is 1.56 bits per heavy atom. The van der Waals surface area contributed by atoms with E-state index in [4.69, 9.17) is 5.73 Å². The first kappa shape index (κ1) is 11.2. The van der Waals surface area contributed by atoms with Crippen LogP contribution in [0.3, 0.4) is 0 Å². The fraction of sp³-hybridized carbons (Fsp3) is 0.125. The fourth-order valence-corrected chi connectivity index (χ4v) is 2.36. The molecule has 0 aromatic heterocycles. The Hall–Kier alpha value is -1.90. The van der Waals surface area contributed by atoms with Crippen molar-refractivity contribution in [1.82, 2.24) is 0 Å². The number of hydrogen-bond donors (Lipinski definition) is 2. The molecule has 0 radical (unpaired) electrons. The SMILES string of the molecule is NCC(O)c1ccc2ccc3ccccc3c2c1. The summed E-state index contributed by atoms with van der Waals surface area (Å²) in [5.41, 5.74) is 6.39. The topological polar surface area (TPSA) is 46.2 Å². The average molecular weight is 237 g/mol. The second-order valence-electron chi connectivity index (χ2n) is 4.52. The highest BCUT2D eigenvalue weighted by Crippen LogP contribution is 2.27. The van der Waals surface area contributed by atoms with Crippen LogP contribution in [0.1, 0.15) is 11.7 Å². The summed E-state index contributed by atoms with van der Waals surface area (Å²) in [5, 5.41) is 14.6. The van der Waals surface area contributed by atoms with Gasteiger partial charge < -0.3 is 10.8 Å². The van der Waals surface area contributed by atoms with Crippen molar-refractivity contribution in [2.24, 2.45) is 5.73 Å². The molecule has 0 aliphatic carbocycles. The molecule has 2 nitrogen and oxygen atoms in total. The van der Waals surface area contributed by atoms with E-state index >= 15 is 0 Å². The summed E-state index contributed by atoms with van der Waals surface area (Å²) in [6, 6.07) is 18.5. The zero-order valence-electron chi connectivity index (χ0n) is 10.0. The smallest absolute Gasteiger partial charge is 0.0912 e. The summed E-state index contributed by atoms with van der Waals surface area (Å²) in [4.78, 5) is 0. The second kappa shape index (κ2) is 4.41. The van der Waals surface area contributed by atoms with Crippen molar-refractivity contribution < 1.29 is 5.11 Å². The molecule has 0 amide bonds. The normalized spacial score (nSPS) is 13.0. The lowest BCUT2D eigenvalue weighted by atomic mass is 9.98. The number of fused-ring (bicyclic) bond motifs is 3. The van der Waals surface area contributed by atoms with Gasteiger partial charge in [0, 0.05) is 6.54 Å². The summed E-state index contributed by atoms with van der Waals surface area (Å²) in [6.45, 7) is 0.246. The van der Waals surface area contributed by atoms with Gasteiger partial charge in [-0.1, -0.05) is 48.5 Å². The highest BCUT2D eigenvalue weighted by atomic mass is 16.3. The molecule has 3 aromatic carbocycles. The Morgan fingerprint density at radius 1 is 0.889 bits per heavy atom. The summed E-state index contributed by atoms with van der Waals surface area (Å²) in [5.74, 6) is 0. The average Bonchev–Trinajstić information content (AvgIpc) is 2.45. The molecule has 3 rings (SSSR count). The number of benzene rings is 3. The van der Waals surface area contributed by atoms with Crippen LogP contribution in [-0.2, 0) is 0 Å². The Labute approximate surface area is 106 Å². The quantitative estimate of drug-likeness (QED) is 0.673. The van der Waals surface area contributed by atoms with Gasteiger partial charge in [-0.2, -0.15) is 0 Å².